The maximum atomic E-state index is 13.8. The van der Waals surface area contributed by atoms with E-state index in [0.29, 0.717) is 70.1 Å². The van der Waals surface area contributed by atoms with E-state index in [9.17, 15) is 21.6 Å². The van der Waals surface area contributed by atoms with E-state index >= 15 is 0 Å². The molecule has 18 heteroatoms. The molecule has 1 aliphatic carbocycles. The number of piperazine rings is 1. The lowest BCUT2D eigenvalue weighted by atomic mass is 10.00. The quantitative estimate of drug-likeness (QED) is 0.175. The monoisotopic (exact) mass is 816 g/mol. The first-order valence-corrected chi connectivity index (χ1v) is 19.9. The fourth-order valence-electron chi connectivity index (χ4n) is 7.03. The van der Waals surface area contributed by atoms with E-state index in [2.05, 4.69) is 79.6 Å². The number of fused-ring (bicyclic) bond motifs is 1. The predicted octanol–water partition coefficient (Wildman–Crippen LogP) is 6.36. The minimum absolute atomic E-state index is 0.0137. The van der Waals surface area contributed by atoms with Gasteiger partial charge in [0, 0.05) is 81.7 Å². The van der Waals surface area contributed by atoms with Crippen molar-refractivity contribution in [2.45, 2.75) is 44.1 Å². The minimum Gasteiger partial charge on any atom is -0.403 e. The van der Waals surface area contributed by atoms with Crippen LogP contribution in [0.4, 0.5) is 47.7 Å². The van der Waals surface area contributed by atoms with Gasteiger partial charge in [-0.25, -0.2) is 13.4 Å². The Morgan fingerprint density at radius 1 is 0.981 bits per heavy atom. The summed E-state index contributed by atoms with van der Waals surface area (Å²) in [4.78, 5) is 24.6. The van der Waals surface area contributed by atoms with Gasteiger partial charge in [0.1, 0.15) is 17.0 Å². The maximum Gasteiger partial charge on any atom is 0.573 e. The van der Waals surface area contributed by atoms with Gasteiger partial charge < -0.3 is 25.2 Å². The van der Waals surface area contributed by atoms with Crippen LogP contribution in [0.15, 0.2) is 53.9 Å². The van der Waals surface area contributed by atoms with Crippen molar-refractivity contribution in [2.24, 2.45) is 0 Å². The molecule has 0 bridgehead atoms. The molecule has 0 atom stereocenters. The van der Waals surface area contributed by atoms with E-state index < -0.39 is 22.1 Å². The Morgan fingerprint density at radius 2 is 1.70 bits per heavy atom. The Morgan fingerprint density at radius 3 is 2.36 bits per heavy atom. The zero-order chi connectivity index (χ0) is 37.5. The second kappa shape index (κ2) is 14.9. The molecule has 2 aliphatic heterocycles. The van der Waals surface area contributed by atoms with Crippen molar-refractivity contribution in [1.82, 2.24) is 29.7 Å². The normalized spacial score (nSPS) is 17.9. The number of hydrogen-bond donors (Lipinski definition) is 2. The molecular formula is C35H40BrF3N10O3S. The van der Waals surface area contributed by atoms with Gasteiger partial charge in [0.25, 0.3) is 0 Å². The van der Waals surface area contributed by atoms with Crippen LogP contribution in [0.25, 0.3) is 17.1 Å². The summed E-state index contributed by atoms with van der Waals surface area (Å²) in [6.07, 6.45) is 5.42. The van der Waals surface area contributed by atoms with Crippen LogP contribution in [0.2, 0.25) is 0 Å². The second-order valence-electron chi connectivity index (χ2n) is 13.5. The molecule has 0 amide bonds. The van der Waals surface area contributed by atoms with Gasteiger partial charge >= 0.3 is 6.36 Å². The number of anilines is 6. The molecule has 3 aliphatic rings. The molecule has 2 N–H and O–H groups in total. The molecule has 13 nitrogen and oxygen atoms in total. The van der Waals surface area contributed by atoms with Crippen molar-refractivity contribution in [3.63, 3.8) is 0 Å². The molecule has 3 fully saturated rings. The van der Waals surface area contributed by atoms with Crippen molar-refractivity contribution in [3.05, 3.63) is 59.5 Å². The number of piperidine rings is 1. The molecule has 2 aromatic carbocycles. The van der Waals surface area contributed by atoms with Gasteiger partial charge in [0.15, 0.2) is 5.75 Å². The average Bonchev–Trinajstić information content (AvgIpc) is 3.95. The zero-order valence-electron chi connectivity index (χ0n) is 29.3. The molecule has 282 valence electrons. The number of likely N-dealkylation sites (N-methyl/N-ethyl adjacent to an activating group) is 1. The van der Waals surface area contributed by atoms with Crippen LogP contribution in [0.3, 0.4) is 0 Å². The SMILES string of the molecule is C=Cc1cc(Nc2ncc(Br)c(Nc3ccc4nccnc4c3N(C3CC3)S(C)(=O)=O)n2)c(OC(F)(F)F)cc1N1CCC(N2CCN(C)CC2)CC1. The summed E-state index contributed by atoms with van der Waals surface area (Å²) in [7, 11) is -1.60. The Balaban J connectivity index is 1.18. The topological polar surface area (TPSA) is 132 Å². The number of alkyl halides is 3. The van der Waals surface area contributed by atoms with Crippen LogP contribution in [-0.2, 0) is 10.0 Å². The highest BCUT2D eigenvalue weighted by atomic mass is 79.9. The summed E-state index contributed by atoms with van der Waals surface area (Å²) >= 11 is 3.46. The number of aromatic nitrogens is 4. The highest BCUT2D eigenvalue weighted by Crippen LogP contribution is 2.43. The number of nitrogens with zero attached hydrogens (tertiary/aromatic N) is 8. The summed E-state index contributed by atoms with van der Waals surface area (Å²) in [5.74, 6) is -0.259. The van der Waals surface area contributed by atoms with Gasteiger partial charge in [-0.1, -0.05) is 12.7 Å². The molecular weight excluding hydrogens is 777 g/mol. The lowest BCUT2D eigenvalue weighted by Crippen LogP contribution is -2.52. The first kappa shape index (κ1) is 37.1. The number of rotatable bonds is 11. The van der Waals surface area contributed by atoms with Gasteiger partial charge in [-0.05, 0) is 72.4 Å². The van der Waals surface area contributed by atoms with Crippen LogP contribution >= 0.6 is 15.9 Å². The van der Waals surface area contributed by atoms with Crippen molar-refractivity contribution in [3.8, 4) is 5.75 Å². The van der Waals surface area contributed by atoms with E-state index in [4.69, 9.17) is 0 Å². The Kier molecular flexibility index (Phi) is 10.4. The van der Waals surface area contributed by atoms with Crippen molar-refractivity contribution >= 4 is 77.6 Å². The fraction of sp³-hybridized carbons (Fsp3) is 0.429. The van der Waals surface area contributed by atoms with Crippen LogP contribution in [-0.4, -0.2) is 109 Å². The fourth-order valence-corrected chi connectivity index (χ4v) is 8.59. The van der Waals surface area contributed by atoms with E-state index in [1.54, 1.807) is 24.3 Å². The Hall–Kier alpha value is -4.26. The Labute approximate surface area is 314 Å². The first-order chi connectivity index (χ1) is 25.3. The summed E-state index contributed by atoms with van der Waals surface area (Å²) < 4.78 is 74.0. The summed E-state index contributed by atoms with van der Waals surface area (Å²) in [6, 6.07) is 6.53. The van der Waals surface area contributed by atoms with E-state index in [1.807, 2.05) is 0 Å². The number of ether oxygens (including phenoxy) is 1. The third-order valence-corrected chi connectivity index (χ3v) is 11.5. The highest BCUT2D eigenvalue weighted by Gasteiger charge is 2.38. The molecule has 4 heterocycles. The molecule has 4 aromatic rings. The van der Waals surface area contributed by atoms with Gasteiger partial charge in [0.2, 0.25) is 16.0 Å². The first-order valence-electron chi connectivity index (χ1n) is 17.3. The summed E-state index contributed by atoms with van der Waals surface area (Å²) in [5.41, 5.74) is 2.80. The largest absolute Gasteiger partial charge is 0.573 e. The van der Waals surface area contributed by atoms with E-state index in [1.165, 1.54) is 29.0 Å². The average molecular weight is 818 g/mol. The van der Waals surface area contributed by atoms with Crippen LogP contribution < -0.4 is 24.6 Å². The van der Waals surface area contributed by atoms with Crippen molar-refractivity contribution in [1.29, 1.82) is 0 Å². The lowest BCUT2D eigenvalue weighted by Gasteiger charge is -2.43. The molecule has 1 saturated carbocycles. The van der Waals surface area contributed by atoms with E-state index in [0.717, 1.165) is 45.3 Å². The molecule has 0 radical (unpaired) electrons. The van der Waals surface area contributed by atoms with E-state index in [-0.39, 0.29) is 23.5 Å². The molecule has 7 rings (SSSR count). The molecule has 2 saturated heterocycles. The van der Waals surface area contributed by atoms with Gasteiger partial charge in [-0.15, -0.1) is 13.2 Å². The highest BCUT2D eigenvalue weighted by molar-refractivity contribution is 9.10. The molecule has 0 spiro atoms. The number of hydrogen-bond acceptors (Lipinski definition) is 12. The molecule has 2 aromatic heterocycles. The Bertz CT molecular complexity index is 2110. The number of halogens is 4. The zero-order valence-corrected chi connectivity index (χ0v) is 31.7. The predicted molar refractivity (Wildman–Crippen MR) is 204 cm³/mol. The smallest absolute Gasteiger partial charge is 0.403 e. The van der Waals surface area contributed by atoms with Crippen LogP contribution in [0.1, 0.15) is 31.2 Å². The second-order valence-corrected chi connectivity index (χ2v) is 16.2. The standard InChI is InChI=1S/C35H40BrF3N10O3S/c1-4-22-19-28(30(52-35(37,38)39)20-29(22)48-13-9-23(10-14-48)47-17-15-46(2)16-18-47)44-34-42-21-25(36)33(45-34)43-27-8-7-26-31(41-12-11-40-26)32(27)49(24-5-6-24)53(3,50)51/h4,7-8,11-12,19-21,23-24H,1,5-6,9-10,13-18H2,2-3H3,(H2,42,43,44,45). The van der Waals surface area contributed by atoms with Gasteiger partial charge in [-0.2, -0.15) is 4.98 Å². The molecule has 0 unspecified atom stereocenters. The number of sulfonamides is 1. The van der Waals surface area contributed by atoms with Crippen LogP contribution in [0, 0.1) is 0 Å². The van der Waals surface area contributed by atoms with Gasteiger partial charge in [-0.3, -0.25) is 19.2 Å². The minimum atomic E-state index is -4.96. The third-order valence-electron chi connectivity index (χ3n) is 9.75. The summed E-state index contributed by atoms with van der Waals surface area (Å²) in [6.45, 7) is 9.38. The van der Waals surface area contributed by atoms with Crippen molar-refractivity contribution in [2.75, 3.05) is 72.4 Å². The third kappa shape index (κ3) is 8.45. The van der Waals surface area contributed by atoms with Crippen LogP contribution in [0.5, 0.6) is 5.75 Å². The number of benzene rings is 2. The summed E-state index contributed by atoms with van der Waals surface area (Å²) in [5, 5.41) is 6.11. The number of nitrogens with one attached hydrogen (secondary N) is 2. The molecule has 53 heavy (non-hydrogen) atoms. The van der Waals surface area contributed by atoms with Gasteiger partial charge in [0.05, 0.1) is 27.6 Å². The lowest BCUT2D eigenvalue weighted by molar-refractivity contribution is -0.274. The van der Waals surface area contributed by atoms with Crippen molar-refractivity contribution < 1.29 is 26.3 Å². The maximum absolute atomic E-state index is 13.8.